The number of anilines is 2. The summed E-state index contributed by atoms with van der Waals surface area (Å²) in [4.78, 5) is 77.4. The molecule has 1 heterocycles. The second-order valence-electron chi connectivity index (χ2n) is 14.1. The van der Waals surface area contributed by atoms with Crippen LogP contribution in [-0.4, -0.2) is 42.7 Å². The lowest BCUT2D eigenvalue weighted by Gasteiger charge is -2.14. The van der Waals surface area contributed by atoms with Gasteiger partial charge in [0.1, 0.15) is 23.0 Å². The highest BCUT2D eigenvalue weighted by Gasteiger charge is 2.30. The van der Waals surface area contributed by atoms with Gasteiger partial charge in [-0.05, 0) is 132 Å². The minimum absolute atomic E-state index is 0.188. The molecule has 0 bridgehead atoms. The van der Waals surface area contributed by atoms with Crippen LogP contribution in [0.2, 0.25) is 0 Å². The van der Waals surface area contributed by atoms with E-state index < -0.39 is 35.6 Å². The van der Waals surface area contributed by atoms with Crippen LogP contribution in [0.3, 0.4) is 0 Å². The van der Waals surface area contributed by atoms with E-state index in [9.17, 15) is 28.8 Å². The fourth-order valence-corrected chi connectivity index (χ4v) is 6.61. The first-order chi connectivity index (χ1) is 30.0. The fourth-order valence-electron chi connectivity index (χ4n) is 6.61. The van der Waals surface area contributed by atoms with Crippen LogP contribution in [0.5, 0.6) is 23.0 Å². The van der Waals surface area contributed by atoms with Gasteiger partial charge in [-0.15, -0.1) is 0 Å². The number of esters is 3. The number of amides is 3. The van der Waals surface area contributed by atoms with E-state index in [1.165, 1.54) is 43.5 Å². The SMILES string of the molecule is COc1cccc(C(=O)Oc2ccc(-c3ccc(OC(=O)c4ccc5cc(C(=O)Nc6cccc(OC(=O)c7ccc(N8C(=O)C=C(C)C8=O)cc7)c6)ccc5c4)cc3)cc2)c1. The fraction of sp³-hybridized carbons (Fsp3) is 0.0400. The second kappa shape index (κ2) is 17.3. The van der Waals surface area contributed by atoms with E-state index in [0.717, 1.165) is 26.8 Å². The van der Waals surface area contributed by atoms with Gasteiger partial charge < -0.3 is 24.3 Å². The maximum Gasteiger partial charge on any atom is 0.343 e. The van der Waals surface area contributed by atoms with Gasteiger partial charge in [-0.2, -0.15) is 0 Å². The van der Waals surface area contributed by atoms with E-state index in [1.807, 2.05) is 24.3 Å². The Morgan fingerprint density at radius 1 is 0.500 bits per heavy atom. The lowest BCUT2D eigenvalue weighted by Crippen LogP contribution is -2.30. The molecule has 0 unspecified atom stereocenters. The number of methoxy groups -OCH3 is 1. The van der Waals surface area contributed by atoms with Gasteiger partial charge in [-0.3, -0.25) is 14.4 Å². The summed E-state index contributed by atoms with van der Waals surface area (Å²) in [6.45, 7) is 1.56. The molecular formula is C50H34N2O10. The highest BCUT2D eigenvalue weighted by molar-refractivity contribution is 6.30. The largest absolute Gasteiger partial charge is 0.497 e. The van der Waals surface area contributed by atoms with Gasteiger partial charge in [0.2, 0.25) is 0 Å². The van der Waals surface area contributed by atoms with Gasteiger partial charge in [-0.1, -0.05) is 48.5 Å². The summed E-state index contributed by atoms with van der Waals surface area (Å²) in [5, 5.41) is 4.26. The first kappa shape index (κ1) is 40.2. The summed E-state index contributed by atoms with van der Waals surface area (Å²) < 4.78 is 21.9. The molecule has 7 aromatic rings. The lowest BCUT2D eigenvalue weighted by atomic mass is 10.0. The van der Waals surface area contributed by atoms with Gasteiger partial charge in [0.25, 0.3) is 17.7 Å². The molecule has 0 saturated carbocycles. The number of benzene rings is 7. The number of ether oxygens (including phenoxy) is 4. The molecule has 0 aromatic heterocycles. The van der Waals surface area contributed by atoms with Gasteiger partial charge in [-0.25, -0.2) is 19.3 Å². The second-order valence-corrected chi connectivity index (χ2v) is 14.1. The smallest absolute Gasteiger partial charge is 0.343 e. The summed E-state index contributed by atoms with van der Waals surface area (Å²) in [7, 11) is 1.53. The van der Waals surface area contributed by atoms with E-state index in [4.69, 9.17) is 18.9 Å². The van der Waals surface area contributed by atoms with Crippen molar-refractivity contribution in [3.8, 4) is 34.1 Å². The van der Waals surface area contributed by atoms with E-state index in [1.54, 1.807) is 110 Å². The quantitative estimate of drug-likeness (QED) is 0.0759. The van der Waals surface area contributed by atoms with Gasteiger partial charge >= 0.3 is 17.9 Å². The molecule has 0 spiro atoms. The van der Waals surface area contributed by atoms with Crippen LogP contribution >= 0.6 is 0 Å². The Labute approximate surface area is 354 Å². The monoisotopic (exact) mass is 822 g/mol. The minimum Gasteiger partial charge on any atom is -0.497 e. The van der Waals surface area contributed by atoms with Crippen LogP contribution in [0, 0.1) is 0 Å². The van der Waals surface area contributed by atoms with E-state index in [2.05, 4.69) is 5.32 Å². The summed E-state index contributed by atoms with van der Waals surface area (Å²) in [5.41, 5.74) is 4.03. The molecular weight excluding hydrogens is 789 g/mol. The molecule has 8 rings (SSSR count). The molecule has 1 N–H and O–H groups in total. The molecule has 0 saturated heterocycles. The zero-order valence-corrected chi connectivity index (χ0v) is 33.1. The molecule has 304 valence electrons. The third kappa shape index (κ3) is 8.84. The number of hydrogen-bond donors (Lipinski definition) is 1. The average Bonchev–Trinajstić information content (AvgIpc) is 3.55. The molecule has 12 heteroatoms. The van der Waals surface area contributed by atoms with Crippen molar-refractivity contribution >= 4 is 57.8 Å². The van der Waals surface area contributed by atoms with Crippen LogP contribution in [0.25, 0.3) is 21.9 Å². The van der Waals surface area contributed by atoms with Crippen molar-refractivity contribution in [1.82, 2.24) is 0 Å². The maximum absolute atomic E-state index is 13.3. The molecule has 7 aromatic carbocycles. The van der Waals surface area contributed by atoms with Crippen molar-refractivity contribution in [1.29, 1.82) is 0 Å². The summed E-state index contributed by atoms with van der Waals surface area (Å²) in [5.74, 6) is -1.51. The number of fused-ring (bicyclic) bond motifs is 1. The van der Waals surface area contributed by atoms with E-state index in [-0.39, 0.29) is 11.3 Å². The maximum atomic E-state index is 13.3. The molecule has 0 aliphatic carbocycles. The van der Waals surface area contributed by atoms with Crippen molar-refractivity contribution in [2.75, 3.05) is 17.3 Å². The molecule has 0 atom stereocenters. The first-order valence-electron chi connectivity index (χ1n) is 19.1. The van der Waals surface area contributed by atoms with Crippen molar-refractivity contribution in [3.63, 3.8) is 0 Å². The van der Waals surface area contributed by atoms with Gasteiger partial charge in [0.15, 0.2) is 0 Å². The zero-order valence-electron chi connectivity index (χ0n) is 33.1. The average molecular weight is 823 g/mol. The highest BCUT2D eigenvalue weighted by atomic mass is 16.5. The molecule has 0 radical (unpaired) electrons. The summed E-state index contributed by atoms with van der Waals surface area (Å²) in [6, 6.07) is 43.2. The number of hydrogen-bond acceptors (Lipinski definition) is 10. The predicted octanol–water partition coefficient (Wildman–Crippen LogP) is 9.24. The van der Waals surface area contributed by atoms with Crippen LogP contribution in [0.15, 0.2) is 169 Å². The van der Waals surface area contributed by atoms with Crippen molar-refractivity contribution in [2.45, 2.75) is 6.92 Å². The number of carbonyl (C=O) groups is 6. The Balaban J connectivity index is 0.849. The normalized spacial score (nSPS) is 12.1. The lowest BCUT2D eigenvalue weighted by molar-refractivity contribution is -0.120. The number of imide groups is 1. The van der Waals surface area contributed by atoms with Gasteiger partial charge in [0.05, 0.1) is 29.5 Å². The number of rotatable bonds is 11. The Morgan fingerprint density at radius 2 is 1.02 bits per heavy atom. The number of nitrogens with zero attached hydrogens (tertiary/aromatic N) is 1. The van der Waals surface area contributed by atoms with E-state index >= 15 is 0 Å². The third-order valence-corrected chi connectivity index (χ3v) is 9.87. The van der Waals surface area contributed by atoms with Crippen LogP contribution < -0.4 is 29.2 Å². The Bertz CT molecular complexity index is 2960. The predicted molar refractivity (Wildman–Crippen MR) is 231 cm³/mol. The third-order valence-electron chi connectivity index (χ3n) is 9.87. The van der Waals surface area contributed by atoms with Crippen molar-refractivity contribution < 1.29 is 47.7 Å². The van der Waals surface area contributed by atoms with Crippen molar-refractivity contribution in [3.05, 3.63) is 192 Å². The highest BCUT2D eigenvalue weighted by Crippen LogP contribution is 2.28. The first-order valence-corrected chi connectivity index (χ1v) is 19.1. The van der Waals surface area contributed by atoms with Crippen molar-refractivity contribution in [2.24, 2.45) is 0 Å². The minimum atomic E-state index is -0.670. The van der Waals surface area contributed by atoms with Crippen LogP contribution in [0.1, 0.15) is 48.4 Å². The molecule has 3 amide bonds. The molecule has 62 heavy (non-hydrogen) atoms. The Kier molecular flexibility index (Phi) is 11.2. The Hall–Kier alpha value is -8.64. The molecule has 1 aliphatic rings. The topological polar surface area (TPSA) is 155 Å². The molecule has 1 aliphatic heterocycles. The molecule has 12 nitrogen and oxygen atoms in total. The standard InChI is InChI=1S/C50H34N2O10/c1-30-25-45(53)52(47(30)55)40-19-13-33(14-20-40)48(56)62-44-8-4-6-39(29-44)51-46(54)36-11-9-35-27-38(12-10-34(35)26-36)50(58)61-42-23-17-32(18-24-42)31-15-21-41(22-16-31)60-49(57)37-5-3-7-43(28-37)59-2/h3-29H,1-2H3,(H,51,54). The summed E-state index contributed by atoms with van der Waals surface area (Å²) >= 11 is 0. The van der Waals surface area contributed by atoms with Crippen LogP contribution in [0.4, 0.5) is 11.4 Å². The number of nitrogens with one attached hydrogen (secondary N) is 1. The summed E-state index contributed by atoms with van der Waals surface area (Å²) in [6.07, 6.45) is 1.26. The van der Waals surface area contributed by atoms with Crippen LogP contribution in [-0.2, 0) is 9.59 Å². The van der Waals surface area contributed by atoms with Gasteiger partial charge in [0, 0.05) is 29.0 Å². The molecule has 0 fully saturated rings. The number of carbonyl (C=O) groups excluding carboxylic acids is 6. The Morgan fingerprint density at radius 3 is 1.61 bits per heavy atom. The van der Waals surface area contributed by atoms with E-state index in [0.29, 0.717) is 50.9 Å². The zero-order chi connectivity index (χ0) is 43.3.